The standard InChI is InChI=1S/C19H15FN4O4S2/c20-12-3-1-2-11(8-12)17(26)22-18-23-24-19(30-18)29-10-16(25)21-13-4-5-14-15(9-13)28-7-6-27-14/h1-5,8-9H,6-7,10H2,(H,21,25)(H,22,23,26). The van der Waals surface area contributed by atoms with Crippen molar-refractivity contribution in [3.8, 4) is 11.5 Å². The van der Waals surface area contributed by atoms with Gasteiger partial charge in [-0.15, -0.1) is 10.2 Å². The topological polar surface area (TPSA) is 102 Å². The summed E-state index contributed by atoms with van der Waals surface area (Å²) in [6.07, 6.45) is 0. The molecule has 2 heterocycles. The molecule has 30 heavy (non-hydrogen) atoms. The van der Waals surface area contributed by atoms with Crippen molar-refractivity contribution < 1.29 is 23.5 Å². The van der Waals surface area contributed by atoms with Crippen molar-refractivity contribution in [3.63, 3.8) is 0 Å². The van der Waals surface area contributed by atoms with Gasteiger partial charge in [-0.05, 0) is 30.3 Å². The van der Waals surface area contributed by atoms with Crippen LogP contribution in [0.5, 0.6) is 11.5 Å². The summed E-state index contributed by atoms with van der Waals surface area (Å²) in [5, 5.41) is 13.4. The highest BCUT2D eigenvalue weighted by Crippen LogP contribution is 2.33. The van der Waals surface area contributed by atoms with Gasteiger partial charge in [-0.25, -0.2) is 4.39 Å². The Morgan fingerprint density at radius 3 is 2.73 bits per heavy atom. The lowest BCUT2D eigenvalue weighted by atomic mass is 10.2. The van der Waals surface area contributed by atoms with Gasteiger partial charge in [0, 0.05) is 17.3 Å². The molecule has 2 amide bonds. The van der Waals surface area contributed by atoms with Crippen LogP contribution in [0.4, 0.5) is 15.2 Å². The van der Waals surface area contributed by atoms with Gasteiger partial charge in [0.2, 0.25) is 11.0 Å². The summed E-state index contributed by atoms with van der Waals surface area (Å²) in [5.41, 5.74) is 0.781. The number of amides is 2. The second-order valence-corrected chi connectivity index (χ2v) is 8.23. The molecule has 11 heteroatoms. The number of carbonyl (C=O) groups excluding carboxylic acids is 2. The van der Waals surface area contributed by atoms with Crippen LogP contribution in [0.3, 0.4) is 0 Å². The van der Waals surface area contributed by atoms with Gasteiger partial charge in [-0.3, -0.25) is 14.9 Å². The van der Waals surface area contributed by atoms with Gasteiger partial charge in [-0.1, -0.05) is 29.2 Å². The van der Waals surface area contributed by atoms with Crippen molar-refractivity contribution in [2.45, 2.75) is 4.34 Å². The molecule has 0 radical (unpaired) electrons. The Bertz CT molecular complexity index is 1090. The average molecular weight is 446 g/mol. The molecule has 0 fully saturated rings. The average Bonchev–Trinajstić information content (AvgIpc) is 3.19. The van der Waals surface area contributed by atoms with Gasteiger partial charge in [0.25, 0.3) is 5.91 Å². The summed E-state index contributed by atoms with van der Waals surface area (Å²) in [5.74, 6) is 0.141. The van der Waals surface area contributed by atoms with Crippen LogP contribution in [0.1, 0.15) is 10.4 Å². The van der Waals surface area contributed by atoms with Crippen molar-refractivity contribution in [2.75, 3.05) is 29.6 Å². The van der Waals surface area contributed by atoms with Gasteiger partial charge in [0.1, 0.15) is 19.0 Å². The normalized spacial score (nSPS) is 12.3. The Labute approximate surface area is 178 Å². The molecule has 0 unspecified atom stereocenters. The second kappa shape index (κ2) is 9.09. The van der Waals surface area contributed by atoms with Gasteiger partial charge < -0.3 is 14.8 Å². The van der Waals surface area contributed by atoms with Crippen molar-refractivity contribution in [2.24, 2.45) is 0 Å². The highest BCUT2D eigenvalue weighted by Gasteiger charge is 2.14. The molecular formula is C19H15FN4O4S2. The van der Waals surface area contributed by atoms with Crippen LogP contribution in [0.25, 0.3) is 0 Å². The lowest BCUT2D eigenvalue weighted by molar-refractivity contribution is -0.113. The highest BCUT2D eigenvalue weighted by atomic mass is 32.2. The van der Waals surface area contributed by atoms with Crippen LogP contribution >= 0.6 is 23.1 Å². The molecule has 1 aliphatic rings. The monoisotopic (exact) mass is 446 g/mol. The number of benzene rings is 2. The maximum absolute atomic E-state index is 13.2. The molecule has 2 N–H and O–H groups in total. The minimum absolute atomic E-state index is 0.112. The van der Waals surface area contributed by atoms with E-state index in [-0.39, 0.29) is 22.4 Å². The molecular weight excluding hydrogens is 431 g/mol. The Morgan fingerprint density at radius 2 is 1.90 bits per heavy atom. The van der Waals surface area contributed by atoms with E-state index in [0.717, 1.165) is 17.4 Å². The molecule has 1 aliphatic heterocycles. The van der Waals surface area contributed by atoms with Crippen molar-refractivity contribution in [1.29, 1.82) is 0 Å². The highest BCUT2D eigenvalue weighted by molar-refractivity contribution is 8.01. The molecule has 8 nitrogen and oxygen atoms in total. The van der Waals surface area contributed by atoms with E-state index in [9.17, 15) is 14.0 Å². The predicted molar refractivity (Wildman–Crippen MR) is 111 cm³/mol. The lowest BCUT2D eigenvalue weighted by Crippen LogP contribution is -2.17. The van der Waals surface area contributed by atoms with E-state index in [1.807, 2.05) is 0 Å². The number of aromatic nitrogens is 2. The molecule has 154 valence electrons. The number of nitrogens with zero attached hydrogens (tertiary/aromatic N) is 2. The first-order valence-corrected chi connectivity index (χ1v) is 10.6. The SMILES string of the molecule is O=C(CSc1nnc(NC(=O)c2cccc(F)c2)s1)Nc1ccc2c(c1)OCCO2. The Hall–Kier alpha value is -3.18. The van der Waals surface area contributed by atoms with Crippen molar-refractivity contribution in [3.05, 3.63) is 53.8 Å². The smallest absolute Gasteiger partial charge is 0.257 e. The molecule has 0 saturated carbocycles. The summed E-state index contributed by atoms with van der Waals surface area (Å²) in [7, 11) is 0. The summed E-state index contributed by atoms with van der Waals surface area (Å²) in [4.78, 5) is 24.3. The number of hydrogen-bond donors (Lipinski definition) is 2. The van der Waals surface area contributed by atoms with E-state index in [0.29, 0.717) is 34.7 Å². The number of fused-ring (bicyclic) bond motifs is 1. The molecule has 3 aromatic rings. The van der Waals surface area contributed by atoms with E-state index in [1.165, 1.54) is 30.0 Å². The number of nitrogens with one attached hydrogen (secondary N) is 2. The van der Waals surface area contributed by atoms with E-state index in [2.05, 4.69) is 20.8 Å². The summed E-state index contributed by atoms with van der Waals surface area (Å²) >= 11 is 2.31. The maximum Gasteiger partial charge on any atom is 0.257 e. The molecule has 0 atom stereocenters. The zero-order valence-electron chi connectivity index (χ0n) is 15.4. The number of rotatable bonds is 6. The zero-order valence-corrected chi connectivity index (χ0v) is 17.0. The van der Waals surface area contributed by atoms with Crippen molar-refractivity contribution in [1.82, 2.24) is 10.2 Å². The number of anilines is 2. The van der Waals surface area contributed by atoms with Crippen LogP contribution in [0.15, 0.2) is 46.8 Å². The number of thioether (sulfide) groups is 1. The molecule has 2 aromatic carbocycles. The first-order chi connectivity index (χ1) is 14.6. The Balaban J connectivity index is 1.29. The van der Waals surface area contributed by atoms with Crippen LogP contribution < -0.4 is 20.1 Å². The summed E-state index contributed by atoms with van der Waals surface area (Å²) < 4.78 is 24.7. The Morgan fingerprint density at radius 1 is 1.07 bits per heavy atom. The number of hydrogen-bond acceptors (Lipinski definition) is 8. The fraction of sp³-hybridized carbons (Fsp3) is 0.158. The maximum atomic E-state index is 13.2. The predicted octanol–water partition coefficient (Wildman–Crippen LogP) is 3.43. The van der Waals surface area contributed by atoms with Gasteiger partial charge in [-0.2, -0.15) is 0 Å². The Kier molecular flexibility index (Phi) is 6.10. The van der Waals surface area contributed by atoms with Gasteiger partial charge >= 0.3 is 0 Å². The fourth-order valence-electron chi connectivity index (χ4n) is 2.56. The van der Waals surface area contributed by atoms with E-state index >= 15 is 0 Å². The minimum atomic E-state index is -0.500. The lowest BCUT2D eigenvalue weighted by Gasteiger charge is -2.18. The molecule has 0 aliphatic carbocycles. The molecule has 0 bridgehead atoms. The molecule has 1 aromatic heterocycles. The van der Waals surface area contributed by atoms with Crippen LogP contribution in [0.2, 0.25) is 0 Å². The third-order valence-corrected chi connectivity index (χ3v) is 5.84. The number of ether oxygens (including phenoxy) is 2. The largest absolute Gasteiger partial charge is 0.486 e. The summed E-state index contributed by atoms with van der Waals surface area (Å²) in [6, 6.07) is 10.5. The minimum Gasteiger partial charge on any atom is -0.486 e. The third-order valence-electron chi connectivity index (χ3n) is 3.87. The van der Waals surface area contributed by atoms with Crippen LogP contribution in [-0.4, -0.2) is 41.0 Å². The first-order valence-electron chi connectivity index (χ1n) is 8.79. The molecule has 0 spiro atoms. The molecule has 0 saturated heterocycles. The first kappa shape index (κ1) is 20.1. The van der Waals surface area contributed by atoms with Crippen LogP contribution in [-0.2, 0) is 4.79 Å². The number of carbonyl (C=O) groups is 2. The zero-order chi connectivity index (χ0) is 20.9. The summed E-state index contributed by atoms with van der Waals surface area (Å²) in [6.45, 7) is 0.970. The van der Waals surface area contributed by atoms with Crippen LogP contribution in [0, 0.1) is 5.82 Å². The molecule has 4 rings (SSSR count). The second-order valence-electron chi connectivity index (χ2n) is 6.03. The van der Waals surface area contributed by atoms with E-state index < -0.39 is 11.7 Å². The van der Waals surface area contributed by atoms with E-state index in [1.54, 1.807) is 18.2 Å². The van der Waals surface area contributed by atoms with E-state index in [4.69, 9.17) is 9.47 Å². The number of halogens is 1. The van der Waals surface area contributed by atoms with Crippen molar-refractivity contribution >= 4 is 45.7 Å². The third kappa shape index (κ3) is 5.05. The van der Waals surface area contributed by atoms with Gasteiger partial charge in [0.05, 0.1) is 5.75 Å². The quantitative estimate of drug-likeness (QED) is 0.442. The fourth-order valence-corrected chi connectivity index (χ4v) is 4.11. The van der Waals surface area contributed by atoms with Gasteiger partial charge in [0.15, 0.2) is 15.8 Å².